The van der Waals surface area contributed by atoms with Crippen LogP contribution in [-0.2, 0) is 0 Å². The lowest BCUT2D eigenvalue weighted by Gasteiger charge is -2.21. The Kier molecular flexibility index (Phi) is 4.56. The molecule has 0 amide bonds. The van der Waals surface area contributed by atoms with Gasteiger partial charge in [0.25, 0.3) is 0 Å². The van der Waals surface area contributed by atoms with Crippen LogP contribution in [0.5, 0.6) is 0 Å². The monoisotopic (exact) mass is 149 g/mol. The normalized spacial score (nSPS) is 12.0. The van der Waals surface area contributed by atoms with Crippen molar-refractivity contribution in [2.45, 2.75) is 13.8 Å². The number of halogens is 1. The molecule has 0 unspecified atom stereocenters. The molecule has 0 saturated heterocycles. The van der Waals surface area contributed by atoms with Crippen molar-refractivity contribution < 1.29 is 9.50 Å². The van der Waals surface area contributed by atoms with Gasteiger partial charge in [-0.05, 0) is 0 Å². The highest BCUT2D eigenvalue weighted by Gasteiger charge is 2.14. The molecule has 2 nitrogen and oxygen atoms in total. The molecule has 0 atom stereocenters. The van der Waals surface area contributed by atoms with Gasteiger partial charge in [0.05, 0.1) is 0 Å². The second kappa shape index (κ2) is 4.63. The van der Waals surface area contributed by atoms with Crippen molar-refractivity contribution in [3.8, 4) is 0 Å². The first kappa shape index (κ1) is 9.85. The van der Waals surface area contributed by atoms with E-state index in [1.807, 2.05) is 13.8 Å². The first-order chi connectivity index (χ1) is 4.62. The zero-order chi connectivity index (χ0) is 8.04. The zero-order valence-corrected chi connectivity index (χ0v) is 6.65. The molecule has 0 bridgehead atoms. The molecule has 0 aromatic carbocycles. The van der Waals surface area contributed by atoms with Crippen molar-refractivity contribution in [2.24, 2.45) is 5.41 Å². The fourth-order valence-corrected chi connectivity index (χ4v) is 0.549. The van der Waals surface area contributed by atoms with E-state index in [0.717, 1.165) is 0 Å². The summed E-state index contributed by atoms with van der Waals surface area (Å²) < 4.78 is 11.5. The molecule has 0 aromatic rings. The number of hydrogen-bond donors (Lipinski definition) is 2. The summed E-state index contributed by atoms with van der Waals surface area (Å²) >= 11 is 0. The smallest absolute Gasteiger partial charge is 0.102 e. The SMILES string of the molecule is CC(C)(CO)CNCCF. The standard InChI is InChI=1S/C7H16FNO/c1-7(2,6-10)5-9-4-3-8/h9-10H,3-6H2,1-2H3. The zero-order valence-electron chi connectivity index (χ0n) is 6.65. The molecule has 0 aliphatic rings. The highest BCUT2D eigenvalue weighted by Crippen LogP contribution is 2.10. The van der Waals surface area contributed by atoms with E-state index in [4.69, 9.17) is 5.11 Å². The Labute approximate surface area is 61.4 Å². The summed E-state index contributed by atoms with van der Waals surface area (Å²) in [6.45, 7) is 4.68. The molecule has 0 radical (unpaired) electrons. The topological polar surface area (TPSA) is 32.3 Å². The van der Waals surface area contributed by atoms with Crippen LogP contribution in [0.4, 0.5) is 4.39 Å². The summed E-state index contributed by atoms with van der Waals surface area (Å²) in [5.74, 6) is 0. The first-order valence-corrected chi connectivity index (χ1v) is 3.50. The molecular weight excluding hydrogens is 133 g/mol. The van der Waals surface area contributed by atoms with E-state index in [-0.39, 0.29) is 18.7 Å². The maximum Gasteiger partial charge on any atom is 0.102 e. The fourth-order valence-electron chi connectivity index (χ4n) is 0.549. The third kappa shape index (κ3) is 4.70. The molecule has 0 saturated carbocycles. The Morgan fingerprint density at radius 3 is 2.50 bits per heavy atom. The molecule has 0 aromatic heterocycles. The molecule has 0 aliphatic heterocycles. The molecule has 0 heterocycles. The van der Waals surface area contributed by atoms with Crippen molar-refractivity contribution in [3.63, 3.8) is 0 Å². The van der Waals surface area contributed by atoms with Crippen LogP contribution in [0, 0.1) is 5.41 Å². The van der Waals surface area contributed by atoms with E-state index < -0.39 is 0 Å². The van der Waals surface area contributed by atoms with Crippen LogP contribution in [0.25, 0.3) is 0 Å². The lowest BCUT2D eigenvalue weighted by Crippen LogP contribution is -2.33. The first-order valence-electron chi connectivity index (χ1n) is 3.50. The minimum absolute atomic E-state index is 0.130. The molecule has 0 aliphatic carbocycles. The van der Waals surface area contributed by atoms with Crippen LogP contribution in [0.15, 0.2) is 0 Å². The van der Waals surface area contributed by atoms with Gasteiger partial charge < -0.3 is 10.4 Å². The van der Waals surface area contributed by atoms with E-state index in [0.29, 0.717) is 13.1 Å². The van der Waals surface area contributed by atoms with Crippen LogP contribution in [-0.4, -0.2) is 31.5 Å². The van der Waals surface area contributed by atoms with E-state index >= 15 is 0 Å². The molecule has 62 valence electrons. The van der Waals surface area contributed by atoms with Gasteiger partial charge in [-0.25, -0.2) is 4.39 Å². The van der Waals surface area contributed by atoms with Gasteiger partial charge in [0, 0.05) is 25.1 Å². The molecule has 3 heteroatoms. The van der Waals surface area contributed by atoms with Gasteiger partial charge in [-0.15, -0.1) is 0 Å². The second-order valence-corrected chi connectivity index (χ2v) is 3.19. The molecule has 10 heavy (non-hydrogen) atoms. The van der Waals surface area contributed by atoms with Crippen LogP contribution in [0.3, 0.4) is 0 Å². The quantitative estimate of drug-likeness (QED) is 0.560. The maximum absolute atomic E-state index is 11.5. The number of nitrogens with one attached hydrogen (secondary N) is 1. The highest BCUT2D eigenvalue weighted by molar-refractivity contribution is 4.69. The molecule has 0 fully saturated rings. The highest BCUT2D eigenvalue weighted by atomic mass is 19.1. The third-order valence-electron chi connectivity index (χ3n) is 1.30. The fraction of sp³-hybridized carbons (Fsp3) is 1.00. The predicted molar refractivity (Wildman–Crippen MR) is 39.7 cm³/mol. The Hall–Kier alpha value is -0.150. The minimum Gasteiger partial charge on any atom is -0.396 e. The molecule has 0 spiro atoms. The van der Waals surface area contributed by atoms with Gasteiger partial charge >= 0.3 is 0 Å². The Bertz CT molecular complexity index is 85.7. The van der Waals surface area contributed by atoms with Crippen LogP contribution in [0.2, 0.25) is 0 Å². The largest absolute Gasteiger partial charge is 0.396 e. The van der Waals surface area contributed by atoms with E-state index in [9.17, 15) is 4.39 Å². The predicted octanol–water partition coefficient (Wildman–Crippen LogP) is 0.564. The molecular formula is C7H16FNO. The van der Waals surface area contributed by atoms with Gasteiger partial charge in [-0.3, -0.25) is 0 Å². The Morgan fingerprint density at radius 2 is 2.10 bits per heavy atom. The van der Waals surface area contributed by atoms with Crippen molar-refractivity contribution >= 4 is 0 Å². The molecule has 2 N–H and O–H groups in total. The maximum atomic E-state index is 11.5. The Morgan fingerprint density at radius 1 is 1.50 bits per heavy atom. The van der Waals surface area contributed by atoms with Crippen LogP contribution in [0.1, 0.15) is 13.8 Å². The summed E-state index contributed by atoms with van der Waals surface area (Å²) in [6.07, 6.45) is 0. The van der Waals surface area contributed by atoms with Crippen LogP contribution < -0.4 is 5.32 Å². The average Bonchev–Trinajstić information content (AvgIpc) is 1.89. The van der Waals surface area contributed by atoms with Gasteiger partial charge in [0.2, 0.25) is 0 Å². The summed E-state index contributed by atoms with van der Waals surface area (Å²) in [4.78, 5) is 0. The number of alkyl halides is 1. The van der Waals surface area contributed by atoms with Crippen molar-refractivity contribution in [3.05, 3.63) is 0 Å². The summed E-state index contributed by atoms with van der Waals surface area (Å²) in [5, 5.41) is 11.7. The summed E-state index contributed by atoms with van der Waals surface area (Å²) in [5.41, 5.74) is -0.130. The number of rotatable bonds is 5. The minimum atomic E-state index is -0.346. The lowest BCUT2D eigenvalue weighted by molar-refractivity contribution is 0.156. The van der Waals surface area contributed by atoms with Crippen molar-refractivity contribution in [2.75, 3.05) is 26.4 Å². The third-order valence-corrected chi connectivity index (χ3v) is 1.30. The molecule has 0 rings (SSSR count). The average molecular weight is 149 g/mol. The van der Waals surface area contributed by atoms with E-state index in [1.54, 1.807) is 0 Å². The summed E-state index contributed by atoms with van der Waals surface area (Å²) in [7, 11) is 0. The Balaban J connectivity index is 3.28. The van der Waals surface area contributed by atoms with Gasteiger partial charge in [-0.2, -0.15) is 0 Å². The number of hydrogen-bond acceptors (Lipinski definition) is 2. The van der Waals surface area contributed by atoms with Gasteiger partial charge in [0.15, 0.2) is 0 Å². The van der Waals surface area contributed by atoms with Crippen LogP contribution >= 0.6 is 0 Å². The number of aliphatic hydroxyl groups excluding tert-OH is 1. The van der Waals surface area contributed by atoms with Gasteiger partial charge in [-0.1, -0.05) is 13.8 Å². The van der Waals surface area contributed by atoms with Gasteiger partial charge in [0.1, 0.15) is 6.67 Å². The van der Waals surface area contributed by atoms with E-state index in [1.165, 1.54) is 0 Å². The second-order valence-electron chi connectivity index (χ2n) is 3.19. The lowest BCUT2D eigenvalue weighted by atomic mass is 9.95. The van der Waals surface area contributed by atoms with Crippen molar-refractivity contribution in [1.29, 1.82) is 0 Å². The number of aliphatic hydroxyl groups is 1. The van der Waals surface area contributed by atoms with Crippen molar-refractivity contribution in [1.82, 2.24) is 5.32 Å². The van der Waals surface area contributed by atoms with E-state index in [2.05, 4.69) is 5.32 Å². The summed E-state index contributed by atoms with van der Waals surface area (Å²) in [6, 6.07) is 0.